The second kappa shape index (κ2) is 7.53. The van der Waals surface area contributed by atoms with Gasteiger partial charge >= 0.3 is 6.09 Å². The maximum absolute atomic E-state index is 12.8. The van der Waals surface area contributed by atoms with Gasteiger partial charge in [-0.2, -0.15) is 0 Å². The van der Waals surface area contributed by atoms with Crippen LogP contribution in [0.5, 0.6) is 0 Å². The third kappa shape index (κ3) is 3.74. The molecule has 1 unspecified atom stereocenters. The number of hydrogen-bond acceptors (Lipinski definition) is 5. The number of carbonyl (C=O) groups is 3. The van der Waals surface area contributed by atoms with Gasteiger partial charge in [-0.25, -0.2) is 4.79 Å². The zero-order valence-corrected chi connectivity index (χ0v) is 15.1. The molecule has 0 aromatic heterocycles. The molecule has 3 atom stereocenters. The van der Waals surface area contributed by atoms with Crippen molar-refractivity contribution in [1.29, 1.82) is 0 Å². The maximum Gasteiger partial charge on any atom is 0.405 e. The van der Waals surface area contributed by atoms with Crippen LogP contribution in [-0.2, 0) is 16.1 Å². The molecule has 9 nitrogen and oxygen atoms in total. The van der Waals surface area contributed by atoms with Crippen molar-refractivity contribution in [3.63, 3.8) is 0 Å². The monoisotopic (exact) mass is 376 g/mol. The van der Waals surface area contributed by atoms with Crippen LogP contribution in [0.15, 0.2) is 30.3 Å². The lowest BCUT2D eigenvalue weighted by atomic mass is 9.85. The topological polar surface area (TPSA) is 122 Å². The van der Waals surface area contributed by atoms with Crippen molar-refractivity contribution in [2.45, 2.75) is 31.2 Å². The Kier molecular flexibility index (Phi) is 5.33. The summed E-state index contributed by atoms with van der Waals surface area (Å²) >= 11 is 0. The summed E-state index contributed by atoms with van der Waals surface area (Å²) in [6.45, 7) is 3.36. The number of nitrogens with zero attached hydrogens (tertiary/aromatic N) is 2. The Morgan fingerprint density at radius 1 is 1.30 bits per heavy atom. The summed E-state index contributed by atoms with van der Waals surface area (Å²) in [5.41, 5.74) is 0.252. The highest BCUT2D eigenvalue weighted by Gasteiger charge is 2.55. The van der Waals surface area contributed by atoms with Crippen LogP contribution in [0.25, 0.3) is 0 Å². The summed E-state index contributed by atoms with van der Waals surface area (Å²) in [6, 6.07) is 8.52. The van der Waals surface area contributed by atoms with Crippen LogP contribution in [-0.4, -0.2) is 81.8 Å². The number of carbonyl (C=O) groups excluding carboxylic acids is 2. The second-order valence-electron chi connectivity index (χ2n) is 7.05. The van der Waals surface area contributed by atoms with Crippen molar-refractivity contribution >= 4 is 17.9 Å². The molecule has 0 aliphatic carbocycles. The fourth-order valence-corrected chi connectivity index (χ4v) is 3.64. The first-order chi connectivity index (χ1) is 12.8. The van der Waals surface area contributed by atoms with Gasteiger partial charge in [-0.1, -0.05) is 30.3 Å². The molecule has 2 aliphatic rings. The summed E-state index contributed by atoms with van der Waals surface area (Å²) < 4.78 is 0. The predicted octanol–water partition coefficient (Wildman–Crippen LogP) is -0.784. The van der Waals surface area contributed by atoms with Gasteiger partial charge in [-0.15, -0.1) is 0 Å². The summed E-state index contributed by atoms with van der Waals surface area (Å²) in [5.74, 6) is -0.665. The molecule has 2 heterocycles. The average Bonchev–Trinajstić information content (AvgIpc) is 2.65. The number of hydrogen-bond donors (Lipinski definition) is 4. The molecule has 0 radical (unpaired) electrons. The minimum atomic E-state index is -1.38. The van der Waals surface area contributed by atoms with Gasteiger partial charge < -0.3 is 25.7 Å². The zero-order chi connectivity index (χ0) is 19.6. The van der Waals surface area contributed by atoms with Crippen molar-refractivity contribution in [2.75, 3.05) is 26.2 Å². The van der Waals surface area contributed by atoms with E-state index in [1.54, 1.807) is 0 Å². The van der Waals surface area contributed by atoms with Crippen LogP contribution in [0.1, 0.15) is 12.5 Å². The van der Waals surface area contributed by atoms with E-state index in [0.29, 0.717) is 26.2 Å². The number of aliphatic hydroxyl groups is 1. The molecule has 2 fully saturated rings. The van der Waals surface area contributed by atoms with Gasteiger partial charge in [-0.3, -0.25) is 14.5 Å². The highest BCUT2D eigenvalue weighted by molar-refractivity contribution is 5.94. The van der Waals surface area contributed by atoms with E-state index in [1.165, 1.54) is 11.8 Å². The molecule has 27 heavy (non-hydrogen) atoms. The number of amides is 3. The van der Waals surface area contributed by atoms with Gasteiger partial charge in [0.25, 0.3) is 0 Å². The highest BCUT2D eigenvalue weighted by Crippen LogP contribution is 2.29. The van der Waals surface area contributed by atoms with E-state index in [0.717, 1.165) is 5.56 Å². The molecule has 2 saturated heterocycles. The number of carboxylic acid groups (broad SMARTS) is 1. The highest BCUT2D eigenvalue weighted by atomic mass is 16.4. The quantitative estimate of drug-likeness (QED) is 0.500. The SMILES string of the molecule is C[C@@H](O)[C@H](NC(=O)O)C(=O)N1CCN(Cc2ccccc2)C2(CNC2=O)C1. The summed E-state index contributed by atoms with van der Waals surface area (Å²) in [4.78, 5) is 39.6. The summed E-state index contributed by atoms with van der Waals surface area (Å²) in [6.07, 6.45) is -2.56. The van der Waals surface area contributed by atoms with Gasteiger partial charge in [-0.05, 0) is 12.5 Å². The van der Waals surface area contributed by atoms with Crippen molar-refractivity contribution in [3.05, 3.63) is 35.9 Å². The lowest BCUT2D eigenvalue weighted by molar-refractivity contribution is -0.157. The van der Waals surface area contributed by atoms with E-state index >= 15 is 0 Å². The van der Waals surface area contributed by atoms with Crippen LogP contribution in [0.3, 0.4) is 0 Å². The minimum absolute atomic E-state index is 0.143. The first-order valence-corrected chi connectivity index (χ1v) is 8.87. The van der Waals surface area contributed by atoms with Crippen molar-refractivity contribution in [3.8, 4) is 0 Å². The Morgan fingerprint density at radius 2 is 2.00 bits per heavy atom. The van der Waals surface area contributed by atoms with E-state index in [2.05, 4.69) is 15.5 Å². The van der Waals surface area contributed by atoms with Gasteiger partial charge in [0.15, 0.2) is 0 Å². The van der Waals surface area contributed by atoms with Crippen molar-refractivity contribution < 1.29 is 24.6 Å². The molecule has 3 amide bonds. The van der Waals surface area contributed by atoms with E-state index in [4.69, 9.17) is 5.11 Å². The standard InChI is InChI=1S/C18H24N4O5/c1-12(23)14(20-17(26)27)15(24)21-7-8-22(9-13-5-3-2-4-6-13)18(11-21)10-19-16(18)25/h2-6,12,14,20,23H,7-11H2,1H3,(H,19,25)(H,26,27)/t12-,14+,18?/m1/s1. The van der Waals surface area contributed by atoms with Gasteiger partial charge in [0, 0.05) is 32.7 Å². The Hall–Kier alpha value is -2.65. The lowest BCUT2D eigenvalue weighted by Gasteiger charge is -2.54. The number of nitrogens with one attached hydrogen (secondary N) is 2. The second-order valence-corrected chi connectivity index (χ2v) is 7.05. The Morgan fingerprint density at radius 3 is 2.52 bits per heavy atom. The number of benzene rings is 1. The van der Waals surface area contributed by atoms with E-state index in [-0.39, 0.29) is 12.5 Å². The molecule has 3 rings (SSSR count). The first kappa shape index (κ1) is 19.1. The number of piperazine rings is 1. The van der Waals surface area contributed by atoms with E-state index in [1.807, 2.05) is 30.3 Å². The molecule has 9 heteroatoms. The average molecular weight is 376 g/mol. The Bertz CT molecular complexity index is 726. The third-order valence-corrected chi connectivity index (χ3v) is 5.22. The summed E-state index contributed by atoms with van der Waals surface area (Å²) in [5, 5.41) is 23.5. The van der Waals surface area contributed by atoms with Gasteiger partial charge in [0.1, 0.15) is 11.6 Å². The molecule has 0 saturated carbocycles. The van der Waals surface area contributed by atoms with Crippen molar-refractivity contribution in [2.24, 2.45) is 0 Å². The van der Waals surface area contributed by atoms with Crippen LogP contribution in [0, 0.1) is 0 Å². The zero-order valence-electron chi connectivity index (χ0n) is 15.1. The number of rotatable bonds is 5. The van der Waals surface area contributed by atoms with E-state index < -0.39 is 29.7 Å². The van der Waals surface area contributed by atoms with Gasteiger partial charge in [0.05, 0.1) is 6.10 Å². The molecule has 1 aromatic rings. The molecule has 4 N–H and O–H groups in total. The molecule has 1 aromatic carbocycles. The van der Waals surface area contributed by atoms with Crippen LogP contribution in [0.2, 0.25) is 0 Å². The molecule has 1 spiro atoms. The van der Waals surface area contributed by atoms with E-state index in [9.17, 15) is 19.5 Å². The van der Waals surface area contributed by atoms with Crippen molar-refractivity contribution in [1.82, 2.24) is 20.4 Å². The predicted molar refractivity (Wildman–Crippen MR) is 95.8 cm³/mol. The largest absolute Gasteiger partial charge is 0.465 e. The number of aliphatic hydroxyl groups excluding tert-OH is 1. The first-order valence-electron chi connectivity index (χ1n) is 8.87. The maximum atomic E-state index is 12.8. The normalized spacial score (nSPS) is 24.7. The molecular weight excluding hydrogens is 352 g/mol. The van der Waals surface area contributed by atoms with Crippen LogP contribution >= 0.6 is 0 Å². The number of β-lactam (4-membered cyclic amide) rings is 1. The van der Waals surface area contributed by atoms with Gasteiger partial charge in [0.2, 0.25) is 11.8 Å². The molecular formula is C18H24N4O5. The fraction of sp³-hybridized carbons (Fsp3) is 0.500. The molecule has 2 aliphatic heterocycles. The summed E-state index contributed by atoms with van der Waals surface area (Å²) in [7, 11) is 0. The minimum Gasteiger partial charge on any atom is -0.465 e. The van der Waals surface area contributed by atoms with Crippen LogP contribution in [0.4, 0.5) is 4.79 Å². The smallest absolute Gasteiger partial charge is 0.405 e. The molecule has 0 bridgehead atoms. The Balaban J connectivity index is 1.76. The third-order valence-electron chi connectivity index (χ3n) is 5.22. The Labute approximate surface area is 156 Å². The fourth-order valence-electron chi connectivity index (χ4n) is 3.64. The molecule has 146 valence electrons. The van der Waals surface area contributed by atoms with Crippen LogP contribution < -0.4 is 10.6 Å². The lowest BCUT2D eigenvalue weighted by Crippen LogP contribution is -2.80.